The lowest BCUT2D eigenvalue weighted by atomic mass is 10.1. The van der Waals surface area contributed by atoms with Gasteiger partial charge in [0.15, 0.2) is 0 Å². The first-order chi connectivity index (χ1) is 9.54. The summed E-state index contributed by atoms with van der Waals surface area (Å²) >= 11 is 0. The molecule has 0 fully saturated rings. The second-order valence-electron chi connectivity index (χ2n) is 4.43. The minimum Gasteiger partial charge on any atom is -0.475 e. The van der Waals surface area contributed by atoms with E-state index in [2.05, 4.69) is 10.6 Å². The van der Waals surface area contributed by atoms with Crippen molar-refractivity contribution >= 4 is 22.8 Å². The van der Waals surface area contributed by atoms with E-state index in [-0.39, 0.29) is 18.2 Å². The molecular formula is C14H16N2O4. The molecule has 0 spiro atoms. The van der Waals surface area contributed by atoms with Crippen molar-refractivity contribution in [3.63, 3.8) is 0 Å². The van der Waals surface area contributed by atoms with E-state index in [1.165, 1.54) is 0 Å². The van der Waals surface area contributed by atoms with Gasteiger partial charge in [0.2, 0.25) is 11.7 Å². The summed E-state index contributed by atoms with van der Waals surface area (Å²) in [5.41, 5.74) is 1.07. The van der Waals surface area contributed by atoms with Gasteiger partial charge >= 0.3 is 5.97 Å². The van der Waals surface area contributed by atoms with Crippen LogP contribution in [0.2, 0.25) is 0 Å². The van der Waals surface area contributed by atoms with Crippen LogP contribution in [0.4, 0.5) is 0 Å². The van der Waals surface area contributed by atoms with E-state index in [1.54, 1.807) is 32.2 Å². The lowest BCUT2D eigenvalue weighted by molar-refractivity contribution is -0.122. The quantitative estimate of drug-likeness (QED) is 0.767. The van der Waals surface area contributed by atoms with Crippen LogP contribution in [-0.2, 0) is 11.3 Å². The number of carbonyl (C=O) groups is 2. The van der Waals surface area contributed by atoms with Gasteiger partial charge in [-0.05, 0) is 13.0 Å². The van der Waals surface area contributed by atoms with E-state index in [9.17, 15) is 14.7 Å². The maximum Gasteiger partial charge on any atom is 0.372 e. The summed E-state index contributed by atoms with van der Waals surface area (Å²) in [6.07, 6.45) is 0. The molecule has 1 atom stereocenters. The molecule has 0 aliphatic heterocycles. The number of nitrogens with one attached hydrogen (secondary N) is 2. The number of hydrogen-bond acceptors (Lipinski definition) is 4. The Labute approximate surface area is 115 Å². The van der Waals surface area contributed by atoms with Crippen LogP contribution >= 0.6 is 0 Å². The smallest absolute Gasteiger partial charge is 0.372 e. The number of likely N-dealkylation sites (N-methyl/N-ethyl adjacent to an activating group) is 1. The average Bonchev–Trinajstić information content (AvgIpc) is 2.82. The van der Waals surface area contributed by atoms with Crippen LogP contribution in [0.3, 0.4) is 0 Å². The van der Waals surface area contributed by atoms with Gasteiger partial charge in [-0.15, -0.1) is 0 Å². The fourth-order valence-electron chi connectivity index (χ4n) is 2.01. The molecule has 106 valence electrons. The molecule has 1 heterocycles. The van der Waals surface area contributed by atoms with Crippen LogP contribution in [0.15, 0.2) is 28.7 Å². The van der Waals surface area contributed by atoms with Crippen molar-refractivity contribution in [1.82, 2.24) is 10.6 Å². The summed E-state index contributed by atoms with van der Waals surface area (Å²) in [5, 5.41) is 15.4. The van der Waals surface area contributed by atoms with Crippen LogP contribution in [0.25, 0.3) is 11.0 Å². The van der Waals surface area contributed by atoms with Gasteiger partial charge in [0.1, 0.15) is 5.58 Å². The van der Waals surface area contributed by atoms with Crippen molar-refractivity contribution in [2.45, 2.75) is 19.5 Å². The number of para-hydroxylation sites is 1. The fraction of sp³-hybridized carbons (Fsp3) is 0.286. The van der Waals surface area contributed by atoms with E-state index in [0.29, 0.717) is 11.1 Å². The van der Waals surface area contributed by atoms with Crippen molar-refractivity contribution in [2.24, 2.45) is 0 Å². The number of furan rings is 1. The summed E-state index contributed by atoms with van der Waals surface area (Å²) in [5.74, 6) is -1.37. The Morgan fingerprint density at radius 1 is 1.35 bits per heavy atom. The minimum absolute atomic E-state index is 0.0946. The largest absolute Gasteiger partial charge is 0.475 e. The molecule has 20 heavy (non-hydrogen) atoms. The standard InChI is InChI=1S/C14H16N2O4/c1-8(13(17)15-2)16-7-10-9-5-3-4-6-11(9)20-12(10)14(18)19/h3-6,8,16H,7H2,1-2H3,(H,15,17)(H,18,19). The Balaban J connectivity index is 2.30. The minimum atomic E-state index is -1.12. The lowest BCUT2D eigenvalue weighted by Gasteiger charge is -2.11. The summed E-state index contributed by atoms with van der Waals surface area (Å²) < 4.78 is 5.34. The highest BCUT2D eigenvalue weighted by atomic mass is 16.4. The molecule has 1 unspecified atom stereocenters. The molecule has 2 rings (SSSR count). The third kappa shape index (κ3) is 2.65. The molecule has 3 N–H and O–H groups in total. The highest BCUT2D eigenvalue weighted by Crippen LogP contribution is 2.25. The zero-order valence-corrected chi connectivity index (χ0v) is 11.3. The molecule has 0 bridgehead atoms. The van der Waals surface area contributed by atoms with Crippen LogP contribution in [0.1, 0.15) is 23.0 Å². The molecule has 1 amide bonds. The number of rotatable bonds is 5. The first-order valence-electron chi connectivity index (χ1n) is 6.23. The normalized spacial score (nSPS) is 12.3. The van der Waals surface area contributed by atoms with Gasteiger partial charge in [0.25, 0.3) is 0 Å². The van der Waals surface area contributed by atoms with Gasteiger partial charge < -0.3 is 20.2 Å². The molecular weight excluding hydrogens is 260 g/mol. The van der Waals surface area contributed by atoms with Gasteiger partial charge in [-0.3, -0.25) is 4.79 Å². The monoisotopic (exact) mass is 276 g/mol. The second kappa shape index (κ2) is 5.75. The third-order valence-electron chi connectivity index (χ3n) is 3.12. The van der Waals surface area contributed by atoms with Crippen molar-refractivity contribution in [3.05, 3.63) is 35.6 Å². The van der Waals surface area contributed by atoms with E-state index in [0.717, 1.165) is 5.39 Å². The molecule has 0 saturated carbocycles. The van der Waals surface area contributed by atoms with Crippen molar-refractivity contribution in [2.75, 3.05) is 7.05 Å². The predicted octanol–water partition coefficient (Wildman–Crippen LogP) is 1.36. The molecule has 0 saturated heterocycles. The number of carbonyl (C=O) groups excluding carboxylic acids is 1. The van der Waals surface area contributed by atoms with Crippen LogP contribution < -0.4 is 10.6 Å². The van der Waals surface area contributed by atoms with Gasteiger partial charge in [-0.25, -0.2) is 4.79 Å². The average molecular weight is 276 g/mol. The van der Waals surface area contributed by atoms with E-state index in [4.69, 9.17) is 4.42 Å². The highest BCUT2D eigenvalue weighted by molar-refractivity contribution is 5.95. The number of aromatic carboxylic acids is 1. The Morgan fingerprint density at radius 3 is 2.70 bits per heavy atom. The van der Waals surface area contributed by atoms with E-state index >= 15 is 0 Å². The second-order valence-corrected chi connectivity index (χ2v) is 4.43. The van der Waals surface area contributed by atoms with Crippen LogP contribution in [0, 0.1) is 0 Å². The maximum atomic E-state index is 11.4. The number of hydrogen-bond donors (Lipinski definition) is 3. The zero-order chi connectivity index (χ0) is 14.7. The van der Waals surface area contributed by atoms with Crippen molar-refractivity contribution in [3.8, 4) is 0 Å². The Morgan fingerprint density at radius 2 is 2.05 bits per heavy atom. The predicted molar refractivity (Wildman–Crippen MR) is 73.5 cm³/mol. The molecule has 1 aromatic carbocycles. The van der Waals surface area contributed by atoms with Crippen LogP contribution in [-0.4, -0.2) is 30.1 Å². The summed E-state index contributed by atoms with van der Waals surface area (Å²) in [6.45, 7) is 1.95. The molecule has 6 heteroatoms. The van der Waals surface area contributed by atoms with Crippen LogP contribution in [0.5, 0.6) is 0 Å². The molecule has 0 radical (unpaired) electrons. The Kier molecular flexibility index (Phi) is 4.05. The molecule has 2 aromatic rings. The van der Waals surface area contributed by atoms with Gasteiger partial charge in [0, 0.05) is 24.5 Å². The molecule has 0 aliphatic rings. The summed E-state index contributed by atoms with van der Waals surface area (Å²) in [4.78, 5) is 22.7. The number of fused-ring (bicyclic) bond motifs is 1. The third-order valence-corrected chi connectivity index (χ3v) is 3.12. The molecule has 0 aliphatic carbocycles. The number of carboxylic acids is 1. The summed E-state index contributed by atoms with van der Waals surface area (Å²) in [6, 6.07) is 6.69. The van der Waals surface area contributed by atoms with E-state index < -0.39 is 12.0 Å². The molecule has 1 aromatic heterocycles. The Hall–Kier alpha value is -2.34. The van der Waals surface area contributed by atoms with Gasteiger partial charge in [0.05, 0.1) is 6.04 Å². The van der Waals surface area contributed by atoms with Gasteiger partial charge in [-0.2, -0.15) is 0 Å². The maximum absolute atomic E-state index is 11.4. The number of benzene rings is 1. The zero-order valence-electron chi connectivity index (χ0n) is 11.3. The van der Waals surface area contributed by atoms with Crippen molar-refractivity contribution in [1.29, 1.82) is 0 Å². The van der Waals surface area contributed by atoms with Gasteiger partial charge in [-0.1, -0.05) is 18.2 Å². The first-order valence-corrected chi connectivity index (χ1v) is 6.23. The highest BCUT2D eigenvalue weighted by Gasteiger charge is 2.20. The SMILES string of the molecule is CNC(=O)C(C)NCc1c(C(=O)O)oc2ccccc12. The summed E-state index contributed by atoms with van der Waals surface area (Å²) in [7, 11) is 1.55. The Bertz CT molecular complexity index is 648. The number of carboxylic acid groups (broad SMARTS) is 1. The first kappa shape index (κ1) is 14.1. The molecule has 6 nitrogen and oxygen atoms in total. The topological polar surface area (TPSA) is 91.6 Å². The lowest BCUT2D eigenvalue weighted by Crippen LogP contribution is -2.40. The van der Waals surface area contributed by atoms with Crippen molar-refractivity contribution < 1.29 is 19.1 Å². The number of amides is 1. The fourth-order valence-corrected chi connectivity index (χ4v) is 2.01. The van der Waals surface area contributed by atoms with E-state index in [1.807, 2.05) is 6.07 Å².